The Kier molecular flexibility index (Phi) is 9.40. The second-order valence-electron chi connectivity index (χ2n) is 9.76. The van der Waals surface area contributed by atoms with Gasteiger partial charge in [0.05, 0.1) is 32.6 Å². The molecule has 0 unspecified atom stereocenters. The van der Waals surface area contributed by atoms with Crippen LogP contribution in [0.4, 0.5) is 4.79 Å². The predicted molar refractivity (Wildman–Crippen MR) is 155 cm³/mol. The number of hydrogen-bond acceptors (Lipinski definition) is 6. The maximum atomic E-state index is 13.4. The SMILES string of the molecule is CC=CC(=CC=C=C1c2[nH]c3ccc(Cl)cc3c2CCN1C(=O)Oc1ccc(OC)cc1)OCC(C)(CO)CO. The normalized spacial score (nSPS) is 13.8. The summed E-state index contributed by atoms with van der Waals surface area (Å²) in [4.78, 5) is 18.3. The van der Waals surface area contributed by atoms with Crippen LogP contribution in [0.5, 0.6) is 11.5 Å². The standard InChI is InChI=1S/C31H33ClN2O6/c1-4-6-23(39-20-31(2,18-35)19-36)7-5-8-28-29-25(26-17-21(32)9-14-27(26)33-29)15-16-34(28)30(37)40-24-12-10-22(38-3)11-13-24/h4-7,9-14,17,33,35-36H,15-16,18-20H2,1-3H3. The van der Waals surface area contributed by atoms with Crippen LogP contribution in [0.15, 0.2) is 78.3 Å². The molecule has 210 valence electrons. The van der Waals surface area contributed by atoms with Crippen LogP contribution in [0.25, 0.3) is 16.6 Å². The summed E-state index contributed by atoms with van der Waals surface area (Å²) in [5.74, 6) is 1.56. The van der Waals surface area contributed by atoms with Crippen molar-refractivity contribution in [1.29, 1.82) is 0 Å². The van der Waals surface area contributed by atoms with Gasteiger partial charge >= 0.3 is 6.09 Å². The van der Waals surface area contributed by atoms with Crippen molar-refractivity contribution in [3.05, 3.63) is 94.5 Å². The summed E-state index contributed by atoms with van der Waals surface area (Å²) < 4.78 is 16.7. The Morgan fingerprint density at radius 3 is 2.58 bits per heavy atom. The fraction of sp³-hybridized carbons (Fsp3) is 0.290. The second kappa shape index (κ2) is 12.9. The Labute approximate surface area is 238 Å². The first-order chi connectivity index (χ1) is 19.3. The molecule has 0 radical (unpaired) electrons. The molecule has 40 heavy (non-hydrogen) atoms. The number of aliphatic hydroxyl groups is 2. The molecule has 2 aromatic carbocycles. The van der Waals surface area contributed by atoms with Gasteiger partial charge < -0.3 is 29.4 Å². The summed E-state index contributed by atoms with van der Waals surface area (Å²) in [6.45, 7) is 3.65. The molecule has 2 heterocycles. The Morgan fingerprint density at radius 1 is 1.18 bits per heavy atom. The lowest BCUT2D eigenvalue weighted by Crippen LogP contribution is -2.36. The Hall–Kier alpha value is -3.94. The van der Waals surface area contributed by atoms with Gasteiger partial charge in [0, 0.05) is 27.9 Å². The second-order valence-corrected chi connectivity index (χ2v) is 10.2. The van der Waals surface area contributed by atoms with E-state index in [4.69, 9.17) is 25.8 Å². The molecular formula is C31H33ClN2O6. The minimum Gasteiger partial charge on any atom is -0.497 e. The highest BCUT2D eigenvalue weighted by Crippen LogP contribution is 2.35. The van der Waals surface area contributed by atoms with E-state index in [1.54, 1.807) is 61.4 Å². The fourth-order valence-corrected chi connectivity index (χ4v) is 4.37. The monoisotopic (exact) mass is 564 g/mol. The van der Waals surface area contributed by atoms with Crippen LogP contribution in [0.3, 0.4) is 0 Å². The molecule has 1 aromatic heterocycles. The molecule has 0 fully saturated rings. The van der Waals surface area contributed by atoms with Crippen molar-refractivity contribution in [3.8, 4) is 11.5 Å². The van der Waals surface area contributed by atoms with E-state index in [9.17, 15) is 15.0 Å². The first kappa shape index (κ1) is 29.1. The van der Waals surface area contributed by atoms with E-state index < -0.39 is 11.5 Å². The van der Waals surface area contributed by atoms with Crippen molar-refractivity contribution in [2.75, 3.05) is 33.5 Å². The summed E-state index contributed by atoms with van der Waals surface area (Å²) in [5.41, 5.74) is 5.67. The number of aromatic nitrogens is 1. The molecule has 1 amide bonds. The predicted octanol–water partition coefficient (Wildman–Crippen LogP) is 5.85. The number of nitrogens with one attached hydrogen (secondary N) is 1. The van der Waals surface area contributed by atoms with Crippen molar-refractivity contribution in [2.24, 2.45) is 5.41 Å². The zero-order chi connectivity index (χ0) is 28.7. The number of benzene rings is 2. The van der Waals surface area contributed by atoms with E-state index in [1.165, 1.54) is 0 Å². The number of carbonyl (C=O) groups is 1. The number of halogens is 1. The van der Waals surface area contributed by atoms with Gasteiger partial charge in [0.2, 0.25) is 0 Å². The van der Waals surface area contributed by atoms with Crippen LogP contribution in [0, 0.1) is 5.41 Å². The number of hydrogen-bond donors (Lipinski definition) is 3. The summed E-state index contributed by atoms with van der Waals surface area (Å²) in [7, 11) is 1.57. The zero-order valence-electron chi connectivity index (χ0n) is 22.7. The maximum Gasteiger partial charge on any atom is 0.420 e. The number of aliphatic hydroxyl groups excluding tert-OH is 2. The van der Waals surface area contributed by atoms with E-state index in [2.05, 4.69) is 10.7 Å². The number of amides is 1. The largest absolute Gasteiger partial charge is 0.497 e. The molecule has 4 rings (SSSR count). The summed E-state index contributed by atoms with van der Waals surface area (Å²) in [6.07, 6.45) is 7.02. The third kappa shape index (κ3) is 6.61. The molecule has 9 heteroatoms. The first-order valence-corrected chi connectivity index (χ1v) is 13.3. The highest BCUT2D eigenvalue weighted by molar-refractivity contribution is 6.31. The molecule has 0 saturated carbocycles. The lowest BCUT2D eigenvalue weighted by molar-refractivity contribution is 0.00875. The third-order valence-corrected chi connectivity index (χ3v) is 6.83. The molecule has 0 saturated heterocycles. The zero-order valence-corrected chi connectivity index (χ0v) is 23.5. The van der Waals surface area contributed by atoms with Crippen molar-refractivity contribution in [3.63, 3.8) is 0 Å². The molecule has 8 nitrogen and oxygen atoms in total. The van der Waals surface area contributed by atoms with Gasteiger partial charge in [0.15, 0.2) is 0 Å². The van der Waals surface area contributed by atoms with Crippen LogP contribution < -0.4 is 9.47 Å². The Morgan fingerprint density at radius 2 is 1.90 bits per heavy atom. The minimum absolute atomic E-state index is 0.119. The number of allylic oxidation sites excluding steroid dienone is 4. The van der Waals surface area contributed by atoms with Gasteiger partial charge in [-0.25, -0.2) is 4.79 Å². The summed E-state index contributed by atoms with van der Waals surface area (Å²) in [6, 6.07) is 12.4. The van der Waals surface area contributed by atoms with Crippen LogP contribution >= 0.6 is 11.6 Å². The maximum absolute atomic E-state index is 13.4. The Balaban J connectivity index is 1.72. The number of nitrogens with zero attached hydrogens (tertiary/aromatic N) is 1. The van der Waals surface area contributed by atoms with Gasteiger partial charge in [-0.2, -0.15) is 0 Å². The fourth-order valence-electron chi connectivity index (χ4n) is 4.20. The lowest BCUT2D eigenvalue weighted by atomic mass is 9.94. The van der Waals surface area contributed by atoms with Gasteiger partial charge in [-0.05, 0) is 79.6 Å². The van der Waals surface area contributed by atoms with Crippen LogP contribution in [0.2, 0.25) is 5.02 Å². The highest BCUT2D eigenvalue weighted by Gasteiger charge is 2.30. The molecule has 0 aliphatic carbocycles. The first-order valence-electron chi connectivity index (χ1n) is 12.9. The number of ether oxygens (including phenoxy) is 3. The number of aromatic amines is 1. The minimum atomic E-state index is -0.783. The summed E-state index contributed by atoms with van der Waals surface area (Å²) >= 11 is 6.28. The quantitative estimate of drug-likeness (QED) is 0.171. The van der Waals surface area contributed by atoms with E-state index in [1.807, 2.05) is 31.2 Å². The number of rotatable bonds is 9. The van der Waals surface area contributed by atoms with E-state index >= 15 is 0 Å². The van der Waals surface area contributed by atoms with Crippen LogP contribution in [-0.4, -0.2) is 59.7 Å². The molecule has 1 aliphatic rings. The number of H-pyrrole nitrogens is 1. The number of fused-ring (bicyclic) bond motifs is 3. The van der Waals surface area contributed by atoms with Gasteiger partial charge in [0.1, 0.15) is 23.0 Å². The number of methoxy groups -OCH3 is 1. The van der Waals surface area contributed by atoms with E-state index in [-0.39, 0.29) is 19.8 Å². The van der Waals surface area contributed by atoms with Crippen molar-refractivity contribution in [1.82, 2.24) is 9.88 Å². The average molecular weight is 565 g/mol. The molecule has 3 aromatic rings. The molecule has 1 aliphatic heterocycles. The van der Waals surface area contributed by atoms with Crippen LogP contribution in [0.1, 0.15) is 25.1 Å². The van der Waals surface area contributed by atoms with E-state index in [0.29, 0.717) is 40.9 Å². The van der Waals surface area contributed by atoms with E-state index in [0.717, 1.165) is 22.2 Å². The molecule has 0 bridgehead atoms. The van der Waals surface area contributed by atoms with Crippen molar-refractivity contribution < 1.29 is 29.2 Å². The smallest absolute Gasteiger partial charge is 0.420 e. The van der Waals surface area contributed by atoms with Gasteiger partial charge in [-0.3, -0.25) is 4.90 Å². The van der Waals surface area contributed by atoms with Crippen molar-refractivity contribution >= 4 is 34.3 Å². The summed E-state index contributed by atoms with van der Waals surface area (Å²) in [5, 5.41) is 20.8. The molecular weight excluding hydrogens is 532 g/mol. The molecule has 0 atom stereocenters. The van der Waals surface area contributed by atoms with Crippen LogP contribution in [-0.2, 0) is 11.2 Å². The van der Waals surface area contributed by atoms with Gasteiger partial charge in [-0.15, -0.1) is 0 Å². The lowest BCUT2D eigenvalue weighted by Gasteiger charge is -2.27. The number of carbonyl (C=O) groups excluding carboxylic acids is 1. The molecule has 3 N–H and O–H groups in total. The Bertz CT molecular complexity index is 1480. The highest BCUT2D eigenvalue weighted by atomic mass is 35.5. The average Bonchev–Trinajstić information content (AvgIpc) is 3.34. The van der Waals surface area contributed by atoms with Crippen molar-refractivity contribution in [2.45, 2.75) is 20.3 Å². The topological polar surface area (TPSA) is 104 Å². The van der Waals surface area contributed by atoms with Gasteiger partial charge in [-0.1, -0.05) is 30.3 Å². The van der Waals surface area contributed by atoms with Gasteiger partial charge in [0.25, 0.3) is 0 Å². The third-order valence-electron chi connectivity index (χ3n) is 6.59. The molecule has 0 spiro atoms.